The summed E-state index contributed by atoms with van der Waals surface area (Å²) < 4.78 is 10.9. The van der Waals surface area contributed by atoms with Gasteiger partial charge in [-0.15, -0.1) is 0 Å². The molecule has 0 aromatic heterocycles. The summed E-state index contributed by atoms with van der Waals surface area (Å²) in [5.74, 6) is 1.29. The van der Waals surface area contributed by atoms with E-state index in [1.165, 1.54) is 0 Å². The van der Waals surface area contributed by atoms with E-state index in [-0.39, 0.29) is 29.7 Å². The second kappa shape index (κ2) is 10.7. The second-order valence-electron chi connectivity index (χ2n) is 8.67. The maximum atomic E-state index is 12.9. The number of nitrogens with zero attached hydrogens (tertiary/aromatic N) is 3. The van der Waals surface area contributed by atoms with Crippen LogP contribution >= 0.6 is 0 Å². The molecule has 1 aromatic carbocycles. The Morgan fingerprint density at radius 2 is 1.78 bits per heavy atom. The molecule has 0 saturated carbocycles. The van der Waals surface area contributed by atoms with Gasteiger partial charge in [0.2, 0.25) is 17.7 Å². The molecular formula is C24H35N3O5. The molecule has 8 heteroatoms. The van der Waals surface area contributed by atoms with Gasteiger partial charge >= 0.3 is 0 Å². The number of hydrogen-bond acceptors (Lipinski definition) is 5. The van der Waals surface area contributed by atoms with Gasteiger partial charge < -0.3 is 24.2 Å². The van der Waals surface area contributed by atoms with Crippen LogP contribution in [0.2, 0.25) is 0 Å². The zero-order valence-electron chi connectivity index (χ0n) is 19.6. The van der Waals surface area contributed by atoms with Crippen LogP contribution in [-0.4, -0.2) is 84.9 Å². The summed E-state index contributed by atoms with van der Waals surface area (Å²) in [5, 5.41) is 0. The van der Waals surface area contributed by atoms with Crippen LogP contribution in [0.25, 0.3) is 0 Å². The van der Waals surface area contributed by atoms with Crippen LogP contribution < -0.4 is 9.47 Å². The quantitative estimate of drug-likeness (QED) is 0.611. The maximum Gasteiger partial charge on any atom is 0.228 e. The first-order chi connectivity index (χ1) is 15.3. The molecule has 2 saturated heterocycles. The van der Waals surface area contributed by atoms with Crippen molar-refractivity contribution in [3.05, 3.63) is 23.8 Å². The number of ether oxygens (including phenoxy) is 2. The molecule has 8 nitrogen and oxygen atoms in total. The molecule has 2 fully saturated rings. The average molecular weight is 446 g/mol. The van der Waals surface area contributed by atoms with Gasteiger partial charge in [-0.2, -0.15) is 0 Å². The standard InChI is InChI=1S/C24H35N3O5/c1-5-32-20-8-6-18(14-21(20)31-4)7-9-22(28)25-10-12-26(13-11-25)24(30)19-15-23(29)27(16-19)17(2)3/h6,8,14,17,19H,5,7,9-13,15-16H2,1-4H3. The molecule has 1 atom stereocenters. The Kier molecular flexibility index (Phi) is 7.99. The van der Waals surface area contributed by atoms with Crippen LogP contribution in [0.5, 0.6) is 11.5 Å². The lowest BCUT2D eigenvalue weighted by Gasteiger charge is -2.36. The number of aryl methyl sites for hydroxylation is 1. The highest BCUT2D eigenvalue weighted by atomic mass is 16.5. The molecule has 1 aromatic rings. The topological polar surface area (TPSA) is 79.4 Å². The van der Waals surface area contributed by atoms with E-state index in [4.69, 9.17) is 9.47 Å². The summed E-state index contributed by atoms with van der Waals surface area (Å²) in [6, 6.07) is 5.87. The zero-order chi connectivity index (χ0) is 23.3. The van der Waals surface area contributed by atoms with Gasteiger partial charge in [-0.25, -0.2) is 0 Å². The van der Waals surface area contributed by atoms with Gasteiger partial charge in [-0.1, -0.05) is 6.07 Å². The van der Waals surface area contributed by atoms with Crippen LogP contribution in [0, 0.1) is 5.92 Å². The molecule has 0 radical (unpaired) electrons. The first-order valence-corrected chi connectivity index (χ1v) is 11.5. The molecule has 1 unspecified atom stereocenters. The van der Waals surface area contributed by atoms with Gasteiger partial charge in [-0.3, -0.25) is 14.4 Å². The van der Waals surface area contributed by atoms with Crippen molar-refractivity contribution in [2.75, 3.05) is 46.4 Å². The number of rotatable bonds is 8. The Morgan fingerprint density at radius 3 is 2.38 bits per heavy atom. The third-order valence-corrected chi connectivity index (χ3v) is 6.23. The first-order valence-electron chi connectivity index (χ1n) is 11.5. The average Bonchev–Trinajstić information content (AvgIpc) is 3.19. The van der Waals surface area contributed by atoms with Crippen LogP contribution in [-0.2, 0) is 20.8 Å². The molecule has 32 heavy (non-hydrogen) atoms. The van der Waals surface area contributed by atoms with Crippen LogP contribution in [0.4, 0.5) is 0 Å². The fourth-order valence-corrected chi connectivity index (χ4v) is 4.38. The number of carbonyl (C=O) groups is 3. The van der Waals surface area contributed by atoms with E-state index in [1.807, 2.05) is 48.8 Å². The number of hydrogen-bond donors (Lipinski definition) is 0. The molecule has 176 valence electrons. The molecule has 0 spiro atoms. The van der Waals surface area contributed by atoms with Crippen LogP contribution in [0.3, 0.4) is 0 Å². The largest absolute Gasteiger partial charge is 0.493 e. The summed E-state index contributed by atoms with van der Waals surface area (Å²) in [6.45, 7) is 9.04. The number of benzene rings is 1. The Labute approximate surface area is 190 Å². The number of methoxy groups -OCH3 is 1. The molecule has 3 amide bonds. The highest BCUT2D eigenvalue weighted by Crippen LogP contribution is 2.28. The van der Waals surface area contributed by atoms with E-state index in [9.17, 15) is 14.4 Å². The lowest BCUT2D eigenvalue weighted by Crippen LogP contribution is -2.52. The smallest absolute Gasteiger partial charge is 0.228 e. The predicted molar refractivity (Wildman–Crippen MR) is 121 cm³/mol. The number of amides is 3. The third-order valence-electron chi connectivity index (χ3n) is 6.23. The Bertz CT molecular complexity index is 833. The Balaban J connectivity index is 1.46. The van der Waals surface area contributed by atoms with E-state index >= 15 is 0 Å². The maximum absolute atomic E-state index is 12.9. The molecule has 0 N–H and O–H groups in total. The molecule has 0 aliphatic carbocycles. The molecule has 0 bridgehead atoms. The summed E-state index contributed by atoms with van der Waals surface area (Å²) in [7, 11) is 1.61. The summed E-state index contributed by atoms with van der Waals surface area (Å²) in [6.07, 6.45) is 1.32. The highest BCUT2D eigenvalue weighted by Gasteiger charge is 2.38. The molecule has 2 aliphatic rings. The van der Waals surface area contributed by atoms with Gasteiger partial charge in [0.15, 0.2) is 11.5 Å². The summed E-state index contributed by atoms with van der Waals surface area (Å²) in [5.41, 5.74) is 1.02. The Hall–Kier alpha value is -2.77. The van der Waals surface area contributed by atoms with Crippen molar-refractivity contribution in [1.82, 2.24) is 14.7 Å². The zero-order valence-corrected chi connectivity index (χ0v) is 19.6. The van der Waals surface area contributed by atoms with Crippen LogP contribution in [0.1, 0.15) is 39.2 Å². The predicted octanol–water partition coefficient (Wildman–Crippen LogP) is 1.95. The van der Waals surface area contributed by atoms with Gasteiger partial charge in [-0.05, 0) is 44.9 Å². The summed E-state index contributed by atoms with van der Waals surface area (Å²) in [4.78, 5) is 43.1. The van der Waals surface area contributed by atoms with Gasteiger partial charge in [0.1, 0.15) is 0 Å². The number of carbonyl (C=O) groups excluding carboxylic acids is 3. The fraction of sp³-hybridized carbons (Fsp3) is 0.625. The molecular weight excluding hydrogens is 410 g/mol. The van der Waals surface area contributed by atoms with Crippen molar-refractivity contribution in [2.45, 2.75) is 46.1 Å². The Morgan fingerprint density at radius 1 is 1.09 bits per heavy atom. The van der Waals surface area contributed by atoms with Crippen molar-refractivity contribution >= 4 is 17.7 Å². The number of likely N-dealkylation sites (tertiary alicyclic amines) is 1. The van der Waals surface area contributed by atoms with Crippen LogP contribution in [0.15, 0.2) is 18.2 Å². The lowest BCUT2D eigenvalue weighted by atomic mass is 10.1. The van der Waals surface area contributed by atoms with Crippen molar-refractivity contribution in [3.8, 4) is 11.5 Å². The molecule has 2 aliphatic heterocycles. The molecule has 2 heterocycles. The highest BCUT2D eigenvalue weighted by molar-refractivity contribution is 5.89. The van der Waals surface area contributed by atoms with Crippen molar-refractivity contribution in [2.24, 2.45) is 5.92 Å². The lowest BCUT2D eigenvalue weighted by molar-refractivity contribution is -0.142. The van der Waals surface area contributed by atoms with Crippen molar-refractivity contribution in [3.63, 3.8) is 0 Å². The van der Waals surface area contributed by atoms with E-state index in [0.717, 1.165) is 5.56 Å². The van der Waals surface area contributed by atoms with E-state index in [0.29, 0.717) is 70.1 Å². The minimum atomic E-state index is -0.262. The SMILES string of the molecule is CCOc1ccc(CCC(=O)N2CCN(C(=O)C3CC(=O)N(C(C)C)C3)CC2)cc1OC. The van der Waals surface area contributed by atoms with Crippen molar-refractivity contribution < 1.29 is 23.9 Å². The third kappa shape index (κ3) is 5.53. The van der Waals surface area contributed by atoms with E-state index in [2.05, 4.69) is 0 Å². The minimum Gasteiger partial charge on any atom is -0.493 e. The van der Waals surface area contributed by atoms with Gasteiger partial charge in [0, 0.05) is 51.6 Å². The van der Waals surface area contributed by atoms with E-state index < -0.39 is 0 Å². The number of piperazine rings is 1. The summed E-state index contributed by atoms with van der Waals surface area (Å²) >= 11 is 0. The second-order valence-corrected chi connectivity index (χ2v) is 8.67. The fourth-order valence-electron chi connectivity index (χ4n) is 4.38. The van der Waals surface area contributed by atoms with E-state index in [1.54, 1.807) is 12.0 Å². The minimum absolute atomic E-state index is 0.0371. The van der Waals surface area contributed by atoms with Gasteiger partial charge in [0.05, 0.1) is 19.6 Å². The monoisotopic (exact) mass is 445 g/mol. The first kappa shape index (κ1) is 23.9. The van der Waals surface area contributed by atoms with Crippen molar-refractivity contribution in [1.29, 1.82) is 0 Å². The van der Waals surface area contributed by atoms with Gasteiger partial charge in [0.25, 0.3) is 0 Å². The molecule has 3 rings (SSSR count). The normalized spacial score (nSPS) is 19.0.